The molecule has 0 amide bonds. The highest BCUT2D eigenvalue weighted by Crippen LogP contribution is 1.98. The molecule has 0 aromatic rings. The van der Waals surface area contributed by atoms with Gasteiger partial charge in [0.15, 0.2) is 0 Å². The van der Waals surface area contributed by atoms with E-state index < -0.39 is 0 Å². The summed E-state index contributed by atoms with van der Waals surface area (Å²) in [6, 6.07) is 0. The van der Waals surface area contributed by atoms with Gasteiger partial charge in [0.25, 0.3) is 0 Å². The molecule has 0 radical (unpaired) electrons. The fourth-order valence-electron chi connectivity index (χ4n) is 0. The van der Waals surface area contributed by atoms with Gasteiger partial charge in [-0.15, -0.1) is 12.6 Å². The normalized spacial score (nSPS) is 12.2. The smallest absolute Gasteiger partial charge is 0.00990 e. The van der Waals surface area contributed by atoms with Gasteiger partial charge in [-0.3, -0.25) is 0 Å². The molecular formula is C3H5BrS. The van der Waals surface area contributed by atoms with Crippen molar-refractivity contribution in [3.8, 4) is 0 Å². The highest BCUT2D eigenvalue weighted by Gasteiger charge is 1.63. The van der Waals surface area contributed by atoms with Crippen molar-refractivity contribution >= 4 is 28.6 Å². The predicted molar refractivity (Wildman–Crippen MR) is 31.7 cm³/mol. The Labute approximate surface area is 45.8 Å². The molecule has 0 aromatic heterocycles. The first-order valence-corrected chi connectivity index (χ1v) is 2.59. The summed E-state index contributed by atoms with van der Waals surface area (Å²) >= 11 is 6.99. The highest BCUT2D eigenvalue weighted by atomic mass is 79.9. The fourth-order valence-corrected chi connectivity index (χ4v) is 0. The number of hydrogen-bond acceptors (Lipinski definition) is 1. The van der Waals surface area contributed by atoms with E-state index in [9.17, 15) is 0 Å². The van der Waals surface area contributed by atoms with Crippen LogP contribution in [0.3, 0.4) is 0 Å². The fraction of sp³-hybridized carbons (Fsp3) is 0.333. The molecule has 0 saturated heterocycles. The third-order valence-corrected chi connectivity index (χ3v) is 1.33. The van der Waals surface area contributed by atoms with Gasteiger partial charge >= 0.3 is 0 Å². The molecule has 0 fully saturated rings. The van der Waals surface area contributed by atoms with Crippen LogP contribution in [0.5, 0.6) is 0 Å². The van der Waals surface area contributed by atoms with Crippen LogP contribution < -0.4 is 0 Å². The van der Waals surface area contributed by atoms with Gasteiger partial charge < -0.3 is 0 Å². The Morgan fingerprint density at radius 2 is 2.20 bits per heavy atom. The van der Waals surface area contributed by atoms with Crippen LogP contribution in [0.4, 0.5) is 0 Å². The van der Waals surface area contributed by atoms with Gasteiger partial charge in [0.2, 0.25) is 0 Å². The Morgan fingerprint density at radius 1 is 2.00 bits per heavy atom. The molecule has 0 spiro atoms. The van der Waals surface area contributed by atoms with Gasteiger partial charge in [-0.2, -0.15) is 0 Å². The molecule has 0 N–H and O–H groups in total. The number of halogens is 1. The summed E-state index contributed by atoms with van der Waals surface area (Å²) in [4.78, 5) is 2.75. The number of hydrogen-bond donors (Lipinski definition) is 1. The first kappa shape index (κ1) is 5.57. The molecule has 0 saturated carbocycles. The van der Waals surface area contributed by atoms with Crippen molar-refractivity contribution in [2.75, 3.05) is 0 Å². The average molecular weight is 153 g/mol. The maximum atomic E-state index is 3.91. The van der Waals surface area contributed by atoms with E-state index in [1.807, 2.05) is 6.92 Å². The second kappa shape index (κ2) is 2.79. The van der Waals surface area contributed by atoms with Gasteiger partial charge in [0.1, 0.15) is 0 Å². The van der Waals surface area contributed by atoms with Gasteiger partial charge in [-0.05, 0) is 16.8 Å². The van der Waals surface area contributed by atoms with Crippen LogP contribution in [0.15, 0.2) is 9.89 Å². The molecule has 0 aromatic carbocycles. The lowest BCUT2D eigenvalue weighted by Gasteiger charge is -1.71. The zero-order valence-electron chi connectivity index (χ0n) is 2.90. The molecule has 0 aliphatic rings. The summed E-state index contributed by atoms with van der Waals surface area (Å²) in [6.45, 7) is 1.90. The van der Waals surface area contributed by atoms with Crippen molar-refractivity contribution in [2.24, 2.45) is 0 Å². The van der Waals surface area contributed by atoms with Gasteiger partial charge in [-0.25, -0.2) is 0 Å². The quantitative estimate of drug-likeness (QED) is 0.506. The molecule has 0 nitrogen and oxygen atoms in total. The first-order chi connectivity index (χ1) is 2.27. The lowest BCUT2D eigenvalue weighted by atomic mass is 10.8. The van der Waals surface area contributed by atoms with E-state index in [1.54, 1.807) is 4.99 Å². The minimum absolute atomic E-state index is 0.991. The molecule has 0 rings (SSSR count). The Kier molecular flexibility index (Phi) is 3.11. The maximum absolute atomic E-state index is 3.91. The molecule has 30 valence electrons. The first-order valence-electron chi connectivity index (χ1n) is 1.23. The van der Waals surface area contributed by atoms with Crippen molar-refractivity contribution in [3.05, 3.63) is 9.89 Å². The number of rotatable bonds is 0. The van der Waals surface area contributed by atoms with Gasteiger partial charge in [0.05, 0.1) is 0 Å². The second-order valence-corrected chi connectivity index (χ2v) is 1.91. The molecule has 0 atom stereocenters. The van der Waals surface area contributed by atoms with Crippen LogP contribution >= 0.6 is 28.6 Å². The molecule has 0 aliphatic heterocycles. The lowest BCUT2D eigenvalue weighted by Crippen LogP contribution is -1.41. The standard InChI is InChI=1S/C3H5BrS/c1-3(5)2-4/h2,5H,1H3/b3-2-. The Hall–Kier alpha value is 0.570. The summed E-state index contributed by atoms with van der Waals surface area (Å²) in [6.07, 6.45) is 0. The van der Waals surface area contributed by atoms with Crippen molar-refractivity contribution in [1.82, 2.24) is 0 Å². The van der Waals surface area contributed by atoms with Crippen LogP contribution in [-0.4, -0.2) is 0 Å². The monoisotopic (exact) mass is 152 g/mol. The van der Waals surface area contributed by atoms with E-state index in [0.29, 0.717) is 0 Å². The number of thiol groups is 1. The Bertz CT molecular complexity index is 44.9. The van der Waals surface area contributed by atoms with Gasteiger partial charge in [-0.1, -0.05) is 15.9 Å². The molecule has 0 unspecified atom stereocenters. The van der Waals surface area contributed by atoms with E-state index in [1.165, 1.54) is 0 Å². The topological polar surface area (TPSA) is 0 Å². The number of allylic oxidation sites excluding steroid dienone is 1. The maximum Gasteiger partial charge on any atom is -0.00990 e. The Balaban J connectivity index is 3.14. The molecular weight excluding hydrogens is 148 g/mol. The molecule has 0 aliphatic carbocycles. The van der Waals surface area contributed by atoms with E-state index in [4.69, 9.17) is 0 Å². The van der Waals surface area contributed by atoms with Crippen LogP contribution in [0, 0.1) is 0 Å². The molecule has 5 heavy (non-hydrogen) atoms. The molecule has 2 heteroatoms. The third-order valence-electron chi connectivity index (χ3n) is 0.158. The van der Waals surface area contributed by atoms with E-state index in [0.717, 1.165) is 4.91 Å². The minimum Gasteiger partial charge on any atom is -0.148 e. The third kappa shape index (κ3) is 4.57. The van der Waals surface area contributed by atoms with Crippen LogP contribution in [-0.2, 0) is 0 Å². The predicted octanol–water partition coefficient (Wildman–Crippen LogP) is 2.17. The zero-order chi connectivity index (χ0) is 4.28. The molecule has 0 bridgehead atoms. The SMILES string of the molecule is C/C(S)=C/Br. The largest absolute Gasteiger partial charge is 0.148 e. The van der Waals surface area contributed by atoms with Crippen LogP contribution in [0.1, 0.15) is 6.92 Å². The van der Waals surface area contributed by atoms with E-state index in [2.05, 4.69) is 28.6 Å². The van der Waals surface area contributed by atoms with Crippen LogP contribution in [0.25, 0.3) is 0 Å². The minimum atomic E-state index is 0.991. The summed E-state index contributed by atoms with van der Waals surface area (Å²) in [5, 5.41) is 0. The van der Waals surface area contributed by atoms with Gasteiger partial charge in [0, 0.05) is 0 Å². The zero-order valence-corrected chi connectivity index (χ0v) is 5.38. The highest BCUT2D eigenvalue weighted by molar-refractivity contribution is 9.11. The Morgan fingerprint density at radius 3 is 2.20 bits per heavy atom. The van der Waals surface area contributed by atoms with E-state index in [-0.39, 0.29) is 0 Å². The lowest BCUT2D eigenvalue weighted by molar-refractivity contribution is 1.74. The van der Waals surface area contributed by atoms with E-state index >= 15 is 0 Å². The summed E-state index contributed by atoms with van der Waals surface area (Å²) in [7, 11) is 0. The summed E-state index contributed by atoms with van der Waals surface area (Å²) in [5.74, 6) is 0. The van der Waals surface area contributed by atoms with Crippen molar-refractivity contribution in [2.45, 2.75) is 6.92 Å². The summed E-state index contributed by atoms with van der Waals surface area (Å²) < 4.78 is 0. The van der Waals surface area contributed by atoms with Crippen molar-refractivity contribution < 1.29 is 0 Å². The van der Waals surface area contributed by atoms with Crippen LogP contribution in [0.2, 0.25) is 0 Å². The van der Waals surface area contributed by atoms with Crippen molar-refractivity contribution in [1.29, 1.82) is 0 Å². The molecule has 0 heterocycles. The summed E-state index contributed by atoms with van der Waals surface area (Å²) in [5.41, 5.74) is 0. The second-order valence-electron chi connectivity index (χ2n) is 0.750. The van der Waals surface area contributed by atoms with Crippen molar-refractivity contribution in [3.63, 3.8) is 0 Å². The average Bonchev–Trinajstić information content (AvgIpc) is 1.38.